The van der Waals surface area contributed by atoms with Crippen LogP contribution in [0.2, 0.25) is 0 Å². The van der Waals surface area contributed by atoms with Crippen LogP contribution >= 0.6 is 0 Å². The molecule has 1 saturated heterocycles. The van der Waals surface area contributed by atoms with Crippen molar-refractivity contribution in [3.63, 3.8) is 0 Å². The minimum atomic E-state index is -0.448. The summed E-state index contributed by atoms with van der Waals surface area (Å²) in [5, 5.41) is 0. The number of piperidine rings is 1. The molecule has 0 aromatic carbocycles. The minimum absolute atomic E-state index is 0.231. The van der Waals surface area contributed by atoms with E-state index in [1.165, 1.54) is 5.57 Å². The fourth-order valence-corrected chi connectivity index (χ4v) is 2.36. The molecule has 1 aliphatic rings. The number of ether oxygens (including phenoxy) is 2. The Morgan fingerprint density at radius 2 is 2.00 bits per heavy atom. The van der Waals surface area contributed by atoms with Gasteiger partial charge in [-0.3, -0.25) is 4.98 Å². The molecule has 2 heterocycles. The van der Waals surface area contributed by atoms with Crippen LogP contribution in [0, 0.1) is 0 Å². The molecule has 0 bridgehead atoms. The first-order chi connectivity index (χ1) is 10.4. The zero-order valence-corrected chi connectivity index (χ0v) is 13.8. The zero-order valence-electron chi connectivity index (χ0n) is 13.8. The molecule has 0 N–H and O–H groups in total. The summed E-state index contributed by atoms with van der Waals surface area (Å²) in [7, 11) is 1.66. The number of pyridine rings is 1. The van der Waals surface area contributed by atoms with Crippen LogP contribution in [0.3, 0.4) is 0 Å². The van der Waals surface area contributed by atoms with Gasteiger partial charge >= 0.3 is 6.09 Å². The Bertz CT molecular complexity index is 551. The van der Waals surface area contributed by atoms with Gasteiger partial charge in [0.1, 0.15) is 11.4 Å². The molecule has 0 unspecified atom stereocenters. The highest BCUT2D eigenvalue weighted by Crippen LogP contribution is 2.25. The summed E-state index contributed by atoms with van der Waals surface area (Å²) in [5.41, 5.74) is 1.83. The molecule has 5 heteroatoms. The van der Waals surface area contributed by atoms with E-state index in [9.17, 15) is 4.79 Å². The lowest BCUT2D eigenvalue weighted by molar-refractivity contribution is 0.0237. The van der Waals surface area contributed by atoms with Crippen LogP contribution in [-0.4, -0.2) is 41.8 Å². The summed E-state index contributed by atoms with van der Waals surface area (Å²) in [5.74, 6) is 0.817. The standard InChI is InChI=1S/C17H24N2O3/c1-17(2,3)22-16(20)19-9-6-13(7-10-19)11-14-12-18-8-5-15(14)21-4/h5,8,11-12H,6-7,9-10H2,1-4H3. The number of aromatic nitrogens is 1. The first kappa shape index (κ1) is 16.3. The normalized spacial score (nSPS) is 15.5. The predicted molar refractivity (Wildman–Crippen MR) is 85.8 cm³/mol. The maximum atomic E-state index is 12.0. The van der Waals surface area contributed by atoms with Gasteiger partial charge in [-0.1, -0.05) is 11.6 Å². The molecule has 0 atom stereocenters. The average molecular weight is 304 g/mol. The van der Waals surface area contributed by atoms with Gasteiger partial charge in [0.05, 0.1) is 7.11 Å². The molecule has 2 rings (SSSR count). The van der Waals surface area contributed by atoms with Crippen molar-refractivity contribution >= 4 is 12.2 Å². The molecule has 120 valence electrons. The number of carbonyl (C=O) groups is 1. The second kappa shape index (κ2) is 6.81. The van der Waals surface area contributed by atoms with Gasteiger partial charge in [-0.2, -0.15) is 0 Å². The van der Waals surface area contributed by atoms with Crippen molar-refractivity contribution in [3.8, 4) is 5.75 Å². The number of rotatable bonds is 2. The third kappa shape index (κ3) is 4.48. The minimum Gasteiger partial charge on any atom is -0.496 e. The average Bonchev–Trinajstić information content (AvgIpc) is 2.47. The smallest absolute Gasteiger partial charge is 0.410 e. The molecule has 1 fully saturated rings. The van der Waals surface area contributed by atoms with Gasteiger partial charge in [-0.15, -0.1) is 0 Å². The maximum Gasteiger partial charge on any atom is 0.410 e. The monoisotopic (exact) mass is 304 g/mol. The predicted octanol–water partition coefficient (Wildman–Crippen LogP) is 3.50. The van der Waals surface area contributed by atoms with Crippen LogP contribution in [0.25, 0.3) is 6.08 Å². The van der Waals surface area contributed by atoms with Crippen LogP contribution in [-0.2, 0) is 4.74 Å². The van der Waals surface area contributed by atoms with E-state index >= 15 is 0 Å². The highest BCUT2D eigenvalue weighted by Gasteiger charge is 2.24. The topological polar surface area (TPSA) is 51.7 Å². The van der Waals surface area contributed by atoms with Crippen molar-refractivity contribution in [2.45, 2.75) is 39.2 Å². The summed E-state index contributed by atoms with van der Waals surface area (Å²) in [4.78, 5) is 17.9. The lowest BCUT2D eigenvalue weighted by atomic mass is 10.0. The molecule has 1 amide bonds. The van der Waals surface area contributed by atoms with Crippen LogP contribution in [0.5, 0.6) is 5.75 Å². The molecule has 1 aromatic heterocycles. The number of methoxy groups -OCH3 is 1. The summed E-state index contributed by atoms with van der Waals surface area (Å²) in [6, 6.07) is 1.85. The van der Waals surface area contributed by atoms with Gasteiger partial charge in [0.2, 0.25) is 0 Å². The van der Waals surface area contributed by atoms with Gasteiger partial charge in [0, 0.05) is 31.0 Å². The number of amides is 1. The Kier molecular flexibility index (Phi) is 5.06. The Morgan fingerprint density at radius 1 is 1.32 bits per heavy atom. The largest absolute Gasteiger partial charge is 0.496 e. The van der Waals surface area contributed by atoms with Crippen molar-refractivity contribution in [1.82, 2.24) is 9.88 Å². The fourth-order valence-electron chi connectivity index (χ4n) is 2.36. The lowest BCUT2D eigenvalue weighted by Gasteiger charge is -2.31. The fraction of sp³-hybridized carbons (Fsp3) is 0.529. The molecule has 0 aliphatic carbocycles. The number of hydrogen-bond acceptors (Lipinski definition) is 4. The molecule has 1 aromatic rings. The number of hydrogen-bond donors (Lipinski definition) is 0. The summed E-state index contributed by atoms with van der Waals surface area (Å²) in [6.07, 6.45) is 7.08. The summed E-state index contributed by atoms with van der Waals surface area (Å²) >= 11 is 0. The van der Waals surface area contributed by atoms with E-state index in [0.717, 1.165) is 24.2 Å². The molecule has 1 aliphatic heterocycles. The van der Waals surface area contributed by atoms with Crippen molar-refractivity contribution in [1.29, 1.82) is 0 Å². The number of carbonyl (C=O) groups excluding carboxylic acids is 1. The zero-order chi connectivity index (χ0) is 16.2. The van der Waals surface area contributed by atoms with Crippen molar-refractivity contribution in [2.75, 3.05) is 20.2 Å². The van der Waals surface area contributed by atoms with E-state index in [2.05, 4.69) is 11.1 Å². The highest BCUT2D eigenvalue weighted by atomic mass is 16.6. The first-order valence-electron chi connectivity index (χ1n) is 7.54. The third-order valence-electron chi connectivity index (χ3n) is 3.45. The van der Waals surface area contributed by atoms with Crippen molar-refractivity contribution in [2.24, 2.45) is 0 Å². The Hall–Kier alpha value is -2.04. The molecular weight excluding hydrogens is 280 g/mol. The molecule has 5 nitrogen and oxygen atoms in total. The summed E-state index contributed by atoms with van der Waals surface area (Å²) < 4.78 is 10.7. The van der Waals surface area contributed by atoms with Gasteiger partial charge in [-0.05, 0) is 39.7 Å². The SMILES string of the molecule is COc1ccncc1C=C1CCN(C(=O)OC(C)(C)C)CC1. The van der Waals surface area contributed by atoms with Crippen molar-refractivity contribution < 1.29 is 14.3 Å². The van der Waals surface area contributed by atoms with Crippen LogP contribution < -0.4 is 4.74 Å². The molecule has 0 saturated carbocycles. The summed E-state index contributed by atoms with van der Waals surface area (Å²) in [6.45, 7) is 7.02. The Balaban J connectivity index is 1.97. The van der Waals surface area contributed by atoms with E-state index < -0.39 is 5.60 Å². The lowest BCUT2D eigenvalue weighted by Crippen LogP contribution is -2.40. The van der Waals surface area contributed by atoms with Crippen LogP contribution in [0.4, 0.5) is 4.79 Å². The Morgan fingerprint density at radius 3 is 2.59 bits per heavy atom. The van der Waals surface area contributed by atoms with E-state index in [-0.39, 0.29) is 6.09 Å². The van der Waals surface area contributed by atoms with Gasteiger partial charge in [0.15, 0.2) is 0 Å². The molecule has 22 heavy (non-hydrogen) atoms. The second-order valence-corrected chi connectivity index (χ2v) is 6.39. The van der Waals surface area contributed by atoms with Gasteiger partial charge < -0.3 is 14.4 Å². The number of likely N-dealkylation sites (tertiary alicyclic amines) is 1. The maximum absolute atomic E-state index is 12.0. The number of nitrogens with zero attached hydrogens (tertiary/aromatic N) is 2. The van der Waals surface area contributed by atoms with Crippen LogP contribution in [0.1, 0.15) is 39.2 Å². The Labute approximate surface area is 131 Å². The highest BCUT2D eigenvalue weighted by molar-refractivity contribution is 5.69. The third-order valence-corrected chi connectivity index (χ3v) is 3.45. The molecule has 0 spiro atoms. The van der Waals surface area contributed by atoms with E-state index in [0.29, 0.717) is 13.1 Å². The van der Waals surface area contributed by atoms with Gasteiger partial charge in [0.25, 0.3) is 0 Å². The van der Waals surface area contributed by atoms with E-state index in [1.807, 2.05) is 26.8 Å². The van der Waals surface area contributed by atoms with E-state index in [1.54, 1.807) is 24.4 Å². The van der Waals surface area contributed by atoms with Crippen molar-refractivity contribution in [3.05, 3.63) is 29.6 Å². The molecular formula is C17H24N2O3. The molecule has 0 radical (unpaired) electrons. The van der Waals surface area contributed by atoms with Crippen LogP contribution in [0.15, 0.2) is 24.0 Å². The van der Waals surface area contributed by atoms with E-state index in [4.69, 9.17) is 9.47 Å². The second-order valence-electron chi connectivity index (χ2n) is 6.39. The van der Waals surface area contributed by atoms with Gasteiger partial charge in [-0.25, -0.2) is 4.79 Å². The quantitative estimate of drug-likeness (QED) is 0.839. The first-order valence-corrected chi connectivity index (χ1v) is 7.54.